The van der Waals surface area contributed by atoms with Gasteiger partial charge < -0.3 is 0 Å². The third kappa shape index (κ3) is 4.72. The van der Waals surface area contributed by atoms with Gasteiger partial charge in [-0.2, -0.15) is 0 Å². The fourth-order valence-electron chi connectivity index (χ4n) is 7.15. The maximum atomic E-state index is 4.99. The second-order valence-electron chi connectivity index (χ2n) is 11.6. The minimum Gasteiger partial charge on any atom is -0.236 e. The summed E-state index contributed by atoms with van der Waals surface area (Å²) in [5.41, 5.74) is 8.86. The van der Waals surface area contributed by atoms with Crippen LogP contribution in [0, 0.1) is 0 Å². The normalized spacial score (nSPS) is 11.9. The number of aromatic nitrogens is 2. The van der Waals surface area contributed by atoms with Crippen molar-refractivity contribution in [3.63, 3.8) is 0 Å². The Hall–Kier alpha value is -3.20. The van der Waals surface area contributed by atoms with Crippen LogP contribution in [0.3, 0.4) is 0 Å². The highest BCUT2D eigenvalue weighted by molar-refractivity contribution is 9.11. The van der Waals surface area contributed by atoms with Crippen molar-refractivity contribution < 1.29 is 0 Å². The Morgan fingerprint density at radius 3 is 1.09 bits per heavy atom. The molecule has 1 heterocycles. The summed E-state index contributed by atoms with van der Waals surface area (Å²) >= 11 is 18.6. The topological polar surface area (TPSA) is 25.8 Å². The SMILES string of the molecule is Brc1ccc(-c2c(-c3ccc(Br)cc3)c3c4ccc(Br)cc4c4ncnc5c6cc(Br)ccc6c(c2-c2ccc(Br)cc2)c3c45)cc1. The van der Waals surface area contributed by atoms with Crippen LogP contribution in [0.1, 0.15) is 0 Å². The third-order valence-corrected chi connectivity index (χ3v) is 11.6. The molecule has 224 valence electrons. The summed E-state index contributed by atoms with van der Waals surface area (Å²) in [5.74, 6) is 0. The van der Waals surface area contributed by atoms with Gasteiger partial charge in [-0.15, -0.1) is 0 Å². The number of hydrogen-bond donors (Lipinski definition) is 0. The number of nitrogens with zero attached hydrogens (tertiary/aromatic N) is 2. The number of hydrogen-bond acceptors (Lipinski definition) is 2. The van der Waals surface area contributed by atoms with Crippen LogP contribution in [0.4, 0.5) is 0 Å². The lowest BCUT2D eigenvalue weighted by Crippen LogP contribution is -2.00. The molecule has 2 nitrogen and oxygen atoms in total. The number of rotatable bonds is 3. The van der Waals surface area contributed by atoms with Gasteiger partial charge in [0.15, 0.2) is 0 Å². The molecule has 9 aromatic rings. The first-order valence-corrected chi connectivity index (χ1v) is 18.8. The standard InChI is InChI=1S/C40H19Br5N2/c41-23-7-1-20(2-8-23)32-33(21-3-9-24(42)10-4-21)35-28-15-13-26(44)17-30(28)39-38-37(35)36(34(32)22-5-11-25(43)12-6-22)29-16-14-27(45)18-31(29)40(38)47-19-46-39/h1-19H. The van der Waals surface area contributed by atoms with E-state index in [1.54, 1.807) is 6.33 Å². The van der Waals surface area contributed by atoms with Crippen LogP contribution in [0.2, 0.25) is 0 Å². The lowest BCUT2D eigenvalue weighted by molar-refractivity contribution is 1.27. The van der Waals surface area contributed by atoms with E-state index >= 15 is 0 Å². The molecule has 0 saturated heterocycles. The van der Waals surface area contributed by atoms with E-state index in [1.165, 1.54) is 32.8 Å². The maximum Gasteiger partial charge on any atom is 0.116 e. The van der Waals surface area contributed by atoms with Gasteiger partial charge >= 0.3 is 0 Å². The Balaban J connectivity index is 1.70. The molecule has 9 rings (SSSR count). The number of benzene rings is 8. The molecule has 0 aliphatic rings. The van der Waals surface area contributed by atoms with Crippen molar-refractivity contribution in [3.05, 3.63) is 138 Å². The largest absolute Gasteiger partial charge is 0.236 e. The number of fused-ring (bicyclic) bond motifs is 6. The molecule has 0 N–H and O–H groups in total. The molecule has 0 aliphatic heterocycles. The Kier molecular flexibility index (Phi) is 7.29. The molecule has 8 aromatic carbocycles. The summed E-state index contributed by atoms with van der Waals surface area (Å²) in [7, 11) is 0. The molecule has 0 fully saturated rings. The molecule has 47 heavy (non-hydrogen) atoms. The van der Waals surface area contributed by atoms with E-state index < -0.39 is 0 Å². The van der Waals surface area contributed by atoms with E-state index in [1.807, 2.05) is 0 Å². The average Bonchev–Trinajstić information content (AvgIpc) is 3.08. The zero-order valence-electron chi connectivity index (χ0n) is 24.3. The molecule has 1 aromatic heterocycles. The lowest BCUT2D eigenvalue weighted by atomic mass is 9.77. The monoisotopic (exact) mass is 922 g/mol. The molecule has 0 aliphatic carbocycles. The van der Waals surface area contributed by atoms with Gasteiger partial charge in [0.25, 0.3) is 0 Å². The van der Waals surface area contributed by atoms with E-state index in [4.69, 9.17) is 9.97 Å². The first kappa shape index (κ1) is 29.9. The van der Waals surface area contributed by atoms with Crippen LogP contribution in [0.25, 0.3) is 87.5 Å². The Morgan fingerprint density at radius 1 is 0.319 bits per heavy atom. The van der Waals surface area contributed by atoms with Crippen molar-refractivity contribution in [2.75, 3.05) is 0 Å². The minimum atomic E-state index is 0.950. The van der Waals surface area contributed by atoms with Crippen LogP contribution >= 0.6 is 79.6 Å². The molecule has 0 unspecified atom stereocenters. The van der Waals surface area contributed by atoms with Crippen LogP contribution in [0.5, 0.6) is 0 Å². The highest BCUT2D eigenvalue weighted by Crippen LogP contribution is 2.55. The molecular formula is C40H19Br5N2. The molecule has 0 bridgehead atoms. The second kappa shape index (κ2) is 11.5. The van der Waals surface area contributed by atoms with Gasteiger partial charge in [-0.05, 0) is 116 Å². The average molecular weight is 927 g/mol. The summed E-state index contributed by atoms with van der Waals surface area (Å²) in [6, 6.07) is 39.3. The minimum absolute atomic E-state index is 0.950. The van der Waals surface area contributed by atoms with Crippen LogP contribution in [0.15, 0.2) is 138 Å². The van der Waals surface area contributed by atoms with Crippen LogP contribution < -0.4 is 0 Å². The summed E-state index contributed by atoms with van der Waals surface area (Å²) in [6.45, 7) is 0. The van der Waals surface area contributed by atoms with Gasteiger partial charge in [-0.1, -0.05) is 128 Å². The van der Waals surface area contributed by atoms with Crippen molar-refractivity contribution in [1.82, 2.24) is 9.97 Å². The second-order valence-corrected chi connectivity index (χ2v) is 16.2. The molecular weight excluding hydrogens is 908 g/mol. The predicted molar refractivity (Wildman–Crippen MR) is 216 cm³/mol. The van der Waals surface area contributed by atoms with Crippen molar-refractivity contribution in [1.29, 1.82) is 0 Å². The molecule has 0 radical (unpaired) electrons. The molecule has 0 saturated carbocycles. The van der Waals surface area contributed by atoms with Gasteiger partial charge in [-0.3, -0.25) is 0 Å². The zero-order chi connectivity index (χ0) is 32.0. The fraction of sp³-hybridized carbons (Fsp3) is 0. The lowest BCUT2D eigenvalue weighted by Gasteiger charge is -2.26. The predicted octanol–water partition coefficient (Wildman–Crippen LogP) is 14.5. The smallest absolute Gasteiger partial charge is 0.116 e. The Labute approximate surface area is 312 Å². The first-order chi connectivity index (χ1) is 22.9. The molecule has 0 amide bonds. The Bertz CT molecular complexity index is 2550. The summed E-state index contributed by atoms with van der Waals surface area (Å²) in [5, 5.41) is 9.13. The van der Waals surface area contributed by atoms with Crippen molar-refractivity contribution in [2.24, 2.45) is 0 Å². The van der Waals surface area contributed by atoms with E-state index in [2.05, 4.69) is 189 Å². The van der Waals surface area contributed by atoms with E-state index in [0.29, 0.717) is 0 Å². The molecule has 0 atom stereocenters. The van der Waals surface area contributed by atoms with Crippen LogP contribution in [-0.4, -0.2) is 9.97 Å². The fourth-order valence-corrected chi connectivity index (χ4v) is 8.66. The van der Waals surface area contributed by atoms with Crippen LogP contribution in [-0.2, 0) is 0 Å². The van der Waals surface area contributed by atoms with Gasteiger partial charge in [0.1, 0.15) is 6.33 Å². The summed E-state index contributed by atoms with van der Waals surface area (Å²) < 4.78 is 5.14. The Morgan fingerprint density at radius 2 is 0.681 bits per heavy atom. The zero-order valence-corrected chi connectivity index (χ0v) is 32.2. The van der Waals surface area contributed by atoms with Gasteiger partial charge in [0.2, 0.25) is 0 Å². The van der Waals surface area contributed by atoms with Crippen molar-refractivity contribution in [2.45, 2.75) is 0 Å². The molecule has 0 spiro atoms. The summed E-state index contributed by atoms with van der Waals surface area (Å²) in [6.07, 6.45) is 1.71. The quantitative estimate of drug-likeness (QED) is 0.130. The third-order valence-electron chi connectivity index (χ3n) is 9.01. The van der Waals surface area contributed by atoms with Gasteiger partial charge in [0.05, 0.1) is 11.0 Å². The van der Waals surface area contributed by atoms with Gasteiger partial charge in [-0.25, -0.2) is 9.97 Å². The van der Waals surface area contributed by atoms with E-state index in [0.717, 1.165) is 77.0 Å². The maximum absolute atomic E-state index is 4.99. The van der Waals surface area contributed by atoms with E-state index in [-0.39, 0.29) is 0 Å². The highest BCUT2D eigenvalue weighted by atomic mass is 79.9. The highest BCUT2D eigenvalue weighted by Gasteiger charge is 2.28. The number of halogens is 5. The first-order valence-electron chi connectivity index (χ1n) is 14.8. The van der Waals surface area contributed by atoms with Crippen molar-refractivity contribution in [3.8, 4) is 33.4 Å². The summed E-state index contributed by atoms with van der Waals surface area (Å²) in [4.78, 5) is 9.98. The van der Waals surface area contributed by atoms with Crippen molar-refractivity contribution >= 4 is 134 Å². The van der Waals surface area contributed by atoms with E-state index in [9.17, 15) is 0 Å². The van der Waals surface area contributed by atoms with Gasteiger partial charge in [0, 0.05) is 43.9 Å². The molecule has 7 heteroatoms.